The molecule has 0 saturated carbocycles. The highest BCUT2D eigenvalue weighted by Gasteiger charge is 2.58. The fourth-order valence-electron chi connectivity index (χ4n) is 5.72. The number of hydrogen-bond acceptors (Lipinski definition) is 8. The number of likely N-dealkylation sites (N-methyl/N-ethyl adjacent to an activating group) is 2. The molecule has 1 saturated heterocycles. The molecule has 0 radical (unpaired) electrons. The molecular formula is C25H32FN5O6S. The van der Waals surface area contributed by atoms with Crippen molar-refractivity contribution in [2.24, 2.45) is 11.0 Å². The number of carbonyl (C=O) groups is 2. The smallest absolute Gasteiger partial charge is 0.273 e. The second-order valence-electron chi connectivity index (χ2n) is 9.90. The highest BCUT2D eigenvalue weighted by atomic mass is 32.2. The lowest BCUT2D eigenvalue weighted by molar-refractivity contribution is -0.139. The number of hydrogen-bond donors (Lipinski definition) is 1. The quantitative estimate of drug-likeness (QED) is 0.595. The number of benzene rings is 1. The summed E-state index contributed by atoms with van der Waals surface area (Å²) in [5.74, 6) is -2.99. The highest BCUT2D eigenvalue weighted by molar-refractivity contribution is 7.89. The van der Waals surface area contributed by atoms with E-state index in [2.05, 4.69) is 5.10 Å². The predicted octanol–water partition coefficient (Wildman–Crippen LogP) is 1.63. The zero-order chi connectivity index (χ0) is 27.4. The van der Waals surface area contributed by atoms with Gasteiger partial charge in [0.25, 0.3) is 11.8 Å². The van der Waals surface area contributed by atoms with Crippen molar-refractivity contribution in [1.82, 2.24) is 19.1 Å². The van der Waals surface area contributed by atoms with Crippen LogP contribution in [0.15, 0.2) is 34.8 Å². The third-order valence-corrected chi connectivity index (χ3v) is 9.45. The minimum Gasteiger partial charge on any atom is -0.509 e. The lowest BCUT2D eigenvalue weighted by Crippen LogP contribution is -2.62. The topological polar surface area (TPSA) is 123 Å². The molecule has 0 aliphatic carbocycles. The maximum absolute atomic E-state index is 14.0. The number of ether oxygens (including phenoxy) is 1. The van der Waals surface area contributed by atoms with Gasteiger partial charge in [0.1, 0.15) is 35.0 Å². The normalized spacial score (nSPS) is 27.5. The summed E-state index contributed by atoms with van der Waals surface area (Å²) in [6.45, 7) is 6.26. The van der Waals surface area contributed by atoms with E-state index < -0.39 is 39.6 Å². The molecule has 0 aromatic heterocycles. The first kappa shape index (κ1) is 26.3. The SMILES string of the molecule is CCN1C[C@H](C)N2C(=C(O)C3C(=O)N4Cc5ccc(F)cc5OCCCCS(=O)(=O)N(CC)C(=N4)C32)C1=O. The Balaban J connectivity index is 1.68. The van der Waals surface area contributed by atoms with Gasteiger partial charge in [-0.15, -0.1) is 0 Å². The minimum atomic E-state index is -3.87. The average Bonchev–Trinajstić information content (AvgIpc) is 3.19. The molecule has 1 aromatic carbocycles. The van der Waals surface area contributed by atoms with Crippen molar-refractivity contribution in [2.45, 2.75) is 52.2 Å². The Morgan fingerprint density at radius 1 is 1.18 bits per heavy atom. The van der Waals surface area contributed by atoms with E-state index in [4.69, 9.17) is 4.74 Å². The van der Waals surface area contributed by atoms with Gasteiger partial charge < -0.3 is 19.6 Å². The van der Waals surface area contributed by atoms with Gasteiger partial charge in [-0.3, -0.25) is 13.9 Å². The molecule has 1 fully saturated rings. The lowest BCUT2D eigenvalue weighted by Gasteiger charge is -2.45. The molecule has 4 aliphatic rings. The van der Waals surface area contributed by atoms with Crippen molar-refractivity contribution in [3.05, 3.63) is 41.0 Å². The minimum absolute atomic E-state index is 0.00359. The molecule has 1 N–H and O–H groups in total. The van der Waals surface area contributed by atoms with Crippen LogP contribution in [0.1, 0.15) is 39.2 Å². The molecule has 5 rings (SSSR count). The Morgan fingerprint density at radius 2 is 1.95 bits per heavy atom. The van der Waals surface area contributed by atoms with Crippen LogP contribution in [-0.2, 0) is 26.2 Å². The Bertz CT molecular complexity index is 1330. The summed E-state index contributed by atoms with van der Waals surface area (Å²) in [7, 11) is -3.87. The molecule has 4 aliphatic heterocycles. The fraction of sp³-hybridized carbons (Fsp3) is 0.560. The molecular weight excluding hydrogens is 517 g/mol. The second kappa shape index (κ2) is 9.75. The lowest BCUT2D eigenvalue weighted by atomic mass is 9.95. The summed E-state index contributed by atoms with van der Waals surface area (Å²) >= 11 is 0. The first-order chi connectivity index (χ1) is 18.1. The summed E-state index contributed by atoms with van der Waals surface area (Å²) in [6, 6.07) is 2.70. The number of sulfonamides is 1. The molecule has 1 aromatic rings. The van der Waals surface area contributed by atoms with Crippen LogP contribution in [0.5, 0.6) is 5.75 Å². The molecule has 11 nitrogen and oxygen atoms in total. The molecule has 2 amide bonds. The van der Waals surface area contributed by atoms with Gasteiger partial charge in [0, 0.05) is 37.3 Å². The molecule has 2 bridgehead atoms. The van der Waals surface area contributed by atoms with E-state index in [9.17, 15) is 27.5 Å². The Kier molecular flexibility index (Phi) is 6.74. The van der Waals surface area contributed by atoms with E-state index in [0.717, 1.165) is 5.01 Å². The number of amides is 2. The molecule has 4 heterocycles. The number of rotatable bonds is 2. The van der Waals surface area contributed by atoms with Gasteiger partial charge in [0.15, 0.2) is 5.84 Å². The van der Waals surface area contributed by atoms with Crippen LogP contribution in [0.4, 0.5) is 4.39 Å². The van der Waals surface area contributed by atoms with Crippen molar-refractivity contribution in [3.63, 3.8) is 0 Å². The van der Waals surface area contributed by atoms with Crippen molar-refractivity contribution in [3.8, 4) is 5.75 Å². The number of hydrazone groups is 1. The number of piperazine rings is 1. The number of aliphatic hydroxyl groups excluding tert-OH is 1. The largest absolute Gasteiger partial charge is 0.509 e. The zero-order valence-corrected chi connectivity index (χ0v) is 22.4. The van der Waals surface area contributed by atoms with E-state index >= 15 is 0 Å². The molecule has 206 valence electrons. The number of carbonyl (C=O) groups excluding carboxylic acids is 2. The van der Waals surface area contributed by atoms with E-state index in [-0.39, 0.29) is 54.5 Å². The van der Waals surface area contributed by atoms with Gasteiger partial charge in [0.05, 0.1) is 18.9 Å². The van der Waals surface area contributed by atoms with Crippen LogP contribution in [0.25, 0.3) is 0 Å². The Morgan fingerprint density at radius 3 is 2.66 bits per heavy atom. The van der Waals surface area contributed by atoms with Crippen molar-refractivity contribution in [2.75, 3.05) is 32.0 Å². The van der Waals surface area contributed by atoms with Gasteiger partial charge >= 0.3 is 0 Å². The molecule has 13 heteroatoms. The Hall–Kier alpha value is -3.35. The molecule has 38 heavy (non-hydrogen) atoms. The van der Waals surface area contributed by atoms with Gasteiger partial charge in [0.2, 0.25) is 10.0 Å². The second-order valence-corrected chi connectivity index (χ2v) is 11.9. The maximum atomic E-state index is 14.0. The van der Waals surface area contributed by atoms with Crippen LogP contribution < -0.4 is 4.74 Å². The number of aliphatic hydroxyl groups is 1. The third kappa shape index (κ3) is 4.16. The number of amidine groups is 1. The Labute approximate surface area is 221 Å². The van der Waals surface area contributed by atoms with Gasteiger partial charge in [-0.25, -0.2) is 17.8 Å². The maximum Gasteiger partial charge on any atom is 0.273 e. The van der Waals surface area contributed by atoms with Crippen molar-refractivity contribution < 1.29 is 32.2 Å². The van der Waals surface area contributed by atoms with E-state index in [0.29, 0.717) is 31.5 Å². The molecule has 0 spiro atoms. The third-order valence-electron chi connectivity index (χ3n) is 7.53. The monoisotopic (exact) mass is 549 g/mol. The van der Waals surface area contributed by atoms with Gasteiger partial charge in [-0.1, -0.05) is 6.07 Å². The summed E-state index contributed by atoms with van der Waals surface area (Å²) in [5, 5.41) is 17.0. The summed E-state index contributed by atoms with van der Waals surface area (Å²) in [4.78, 5) is 30.4. The van der Waals surface area contributed by atoms with Crippen LogP contribution >= 0.6 is 0 Å². The average molecular weight is 550 g/mol. The van der Waals surface area contributed by atoms with Crippen LogP contribution in [-0.4, -0.2) is 94.4 Å². The standard InChI is InChI=1S/C25H32FN5O6S/c1-4-28-13-15(3)31-20-19(22(32)21(31)25(28)34)24(33)29-14-16-8-9-17(26)12-18(16)37-10-6-7-11-38(35,36)30(5-2)23(20)27-29/h8-9,12,15,19-20,32H,4-7,10-11,13-14H2,1-3H3/t15-,19?,20?/m0/s1. The van der Waals surface area contributed by atoms with Crippen LogP contribution in [0, 0.1) is 11.7 Å². The zero-order valence-electron chi connectivity index (χ0n) is 21.6. The number of halogens is 1. The van der Waals surface area contributed by atoms with Crippen molar-refractivity contribution >= 4 is 27.7 Å². The van der Waals surface area contributed by atoms with E-state index in [1.807, 2.05) is 13.8 Å². The molecule has 3 atom stereocenters. The summed E-state index contributed by atoms with van der Waals surface area (Å²) in [5.41, 5.74) is 0.486. The van der Waals surface area contributed by atoms with Gasteiger partial charge in [-0.2, -0.15) is 5.10 Å². The first-order valence-corrected chi connectivity index (χ1v) is 14.5. The summed E-state index contributed by atoms with van der Waals surface area (Å²) in [6.07, 6.45) is 0.719. The fourth-order valence-corrected chi connectivity index (χ4v) is 7.33. The first-order valence-electron chi connectivity index (χ1n) is 12.9. The predicted molar refractivity (Wildman–Crippen MR) is 136 cm³/mol. The van der Waals surface area contributed by atoms with Gasteiger partial charge in [-0.05, 0) is 39.7 Å². The van der Waals surface area contributed by atoms with Crippen LogP contribution in [0.3, 0.4) is 0 Å². The van der Waals surface area contributed by atoms with Crippen LogP contribution in [0.2, 0.25) is 0 Å². The van der Waals surface area contributed by atoms with Crippen molar-refractivity contribution in [1.29, 1.82) is 0 Å². The number of fused-ring (bicyclic) bond motifs is 6. The van der Waals surface area contributed by atoms with E-state index in [1.54, 1.807) is 16.7 Å². The number of nitrogens with zero attached hydrogens (tertiary/aromatic N) is 5. The highest BCUT2D eigenvalue weighted by Crippen LogP contribution is 2.43. The molecule has 2 unspecified atom stereocenters. The van der Waals surface area contributed by atoms with E-state index in [1.165, 1.54) is 22.5 Å². The summed E-state index contributed by atoms with van der Waals surface area (Å²) < 4.78 is 48.0.